The number of carboxylic acids is 1. The van der Waals surface area contributed by atoms with Crippen molar-refractivity contribution in [1.29, 1.82) is 0 Å². The second kappa shape index (κ2) is 5.39. The number of rotatable bonds is 5. The van der Waals surface area contributed by atoms with E-state index in [-0.39, 0.29) is 12.3 Å². The van der Waals surface area contributed by atoms with Gasteiger partial charge in [0.15, 0.2) is 0 Å². The number of ether oxygens (including phenoxy) is 1. The summed E-state index contributed by atoms with van der Waals surface area (Å²) < 4.78 is 5.11. The molecule has 82 valence electrons. The molecule has 0 spiro atoms. The van der Waals surface area contributed by atoms with E-state index in [9.17, 15) is 4.79 Å². The largest absolute Gasteiger partial charge is 0.497 e. The maximum absolute atomic E-state index is 10.7. The van der Waals surface area contributed by atoms with Crippen molar-refractivity contribution in [1.82, 2.24) is 0 Å². The van der Waals surface area contributed by atoms with Gasteiger partial charge in [0.25, 0.3) is 0 Å². The van der Waals surface area contributed by atoms with Crippen LogP contribution in [0.2, 0.25) is 0 Å². The molecule has 0 aliphatic rings. The van der Waals surface area contributed by atoms with Crippen LogP contribution in [-0.4, -0.2) is 18.2 Å². The van der Waals surface area contributed by atoms with E-state index in [2.05, 4.69) is 0 Å². The fourth-order valence-corrected chi connectivity index (χ4v) is 1.60. The summed E-state index contributed by atoms with van der Waals surface area (Å²) in [6.07, 6.45) is 0.989. The first-order chi connectivity index (χ1) is 7.17. The molecule has 0 amide bonds. The van der Waals surface area contributed by atoms with Crippen LogP contribution in [0.5, 0.6) is 5.75 Å². The van der Waals surface area contributed by atoms with Gasteiger partial charge in [0.05, 0.1) is 13.5 Å². The molecular weight excluding hydrogens is 192 g/mol. The zero-order valence-corrected chi connectivity index (χ0v) is 9.06. The van der Waals surface area contributed by atoms with E-state index < -0.39 is 5.97 Å². The van der Waals surface area contributed by atoms with E-state index in [1.54, 1.807) is 7.11 Å². The Kier molecular flexibility index (Phi) is 4.16. The monoisotopic (exact) mass is 208 g/mol. The number of hydrogen-bond donors (Lipinski definition) is 1. The fraction of sp³-hybridized carbons (Fsp3) is 0.417. The van der Waals surface area contributed by atoms with Crippen LogP contribution >= 0.6 is 0 Å². The molecule has 1 aromatic carbocycles. The summed E-state index contributed by atoms with van der Waals surface area (Å²) in [7, 11) is 1.61. The molecule has 0 fully saturated rings. The van der Waals surface area contributed by atoms with Gasteiger partial charge in [0.2, 0.25) is 0 Å². The minimum Gasteiger partial charge on any atom is -0.497 e. The Bertz CT molecular complexity index is 333. The van der Waals surface area contributed by atoms with Crippen LogP contribution in [0.15, 0.2) is 24.3 Å². The van der Waals surface area contributed by atoms with Crippen LogP contribution in [0.4, 0.5) is 0 Å². The topological polar surface area (TPSA) is 46.5 Å². The van der Waals surface area contributed by atoms with Crippen molar-refractivity contribution >= 4 is 5.97 Å². The Morgan fingerprint density at radius 1 is 1.53 bits per heavy atom. The molecule has 0 saturated carbocycles. The molecule has 1 aromatic rings. The number of benzene rings is 1. The molecule has 0 unspecified atom stereocenters. The molecule has 1 N–H and O–H groups in total. The molecule has 3 heteroatoms. The van der Waals surface area contributed by atoms with Gasteiger partial charge in [0.1, 0.15) is 5.75 Å². The average molecular weight is 208 g/mol. The van der Waals surface area contributed by atoms with Gasteiger partial charge in [-0.1, -0.05) is 19.1 Å². The van der Waals surface area contributed by atoms with E-state index in [0.717, 1.165) is 17.7 Å². The second-order valence-electron chi connectivity index (χ2n) is 3.48. The Morgan fingerprint density at radius 2 is 2.27 bits per heavy atom. The number of aliphatic carboxylic acids is 1. The zero-order valence-electron chi connectivity index (χ0n) is 9.06. The van der Waals surface area contributed by atoms with Gasteiger partial charge in [-0.05, 0) is 30.0 Å². The third-order valence-electron chi connectivity index (χ3n) is 2.48. The maximum Gasteiger partial charge on any atom is 0.303 e. The molecule has 3 nitrogen and oxygen atoms in total. The summed E-state index contributed by atoms with van der Waals surface area (Å²) in [6, 6.07) is 7.59. The van der Waals surface area contributed by atoms with Crippen molar-refractivity contribution in [2.24, 2.45) is 0 Å². The van der Waals surface area contributed by atoms with Gasteiger partial charge < -0.3 is 9.84 Å². The van der Waals surface area contributed by atoms with Crippen molar-refractivity contribution in [2.75, 3.05) is 7.11 Å². The quantitative estimate of drug-likeness (QED) is 0.809. The molecule has 15 heavy (non-hydrogen) atoms. The van der Waals surface area contributed by atoms with E-state index >= 15 is 0 Å². The molecule has 1 rings (SSSR count). The fourth-order valence-electron chi connectivity index (χ4n) is 1.60. The predicted molar refractivity (Wildman–Crippen MR) is 58.3 cm³/mol. The zero-order chi connectivity index (χ0) is 11.3. The van der Waals surface area contributed by atoms with Crippen LogP contribution in [-0.2, 0) is 4.79 Å². The summed E-state index contributed by atoms with van der Waals surface area (Å²) in [5.74, 6) is 0.0820. The molecule has 0 radical (unpaired) electrons. The molecular formula is C12H16O3. The predicted octanol–water partition coefficient (Wildman–Crippen LogP) is 2.66. The standard InChI is InChI=1S/C12H16O3/c1-3-9(8-12(13)14)10-5-4-6-11(7-10)15-2/h4-7,9H,3,8H2,1-2H3,(H,13,14)/t9-/m1/s1. The van der Waals surface area contributed by atoms with Crippen LogP contribution in [0.1, 0.15) is 31.2 Å². The summed E-state index contributed by atoms with van der Waals surface area (Å²) in [4.78, 5) is 10.7. The molecule has 0 bridgehead atoms. The lowest BCUT2D eigenvalue weighted by Gasteiger charge is -2.13. The number of carboxylic acid groups (broad SMARTS) is 1. The third kappa shape index (κ3) is 3.27. The van der Waals surface area contributed by atoms with Crippen LogP contribution in [0.25, 0.3) is 0 Å². The van der Waals surface area contributed by atoms with Gasteiger partial charge in [-0.2, -0.15) is 0 Å². The first-order valence-corrected chi connectivity index (χ1v) is 5.03. The number of methoxy groups -OCH3 is 1. The number of carbonyl (C=O) groups is 1. The van der Waals surface area contributed by atoms with Gasteiger partial charge >= 0.3 is 5.97 Å². The average Bonchev–Trinajstić information content (AvgIpc) is 2.25. The highest BCUT2D eigenvalue weighted by atomic mass is 16.5. The molecule has 1 atom stereocenters. The molecule has 0 heterocycles. The Morgan fingerprint density at radius 3 is 2.80 bits per heavy atom. The normalized spacial score (nSPS) is 12.1. The van der Waals surface area contributed by atoms with E-state index in [1.807, 2.05) is 31.2 Å². The first-order valence-electron chi connectivity index (χ1n) is 5.03. The highest BCUT2D eigenvalue weighted by molar-refractivity contribution is 5.68. The SMILES string of the molecule is CC[C@H](CC(=O)O)c1cccc(OC)c1. The van der Waals surface area contributed by atoms with Crippen molar-refractivity contribution in [2.45, 2.75) is 25.7 Å². The lowest BCUT2D eigenvalue weighted by Crippen LogP contribution is -2.05. The summed E-state index contributed by atoms with van der Waals surface area (Å²) in [5.41, 5.74) is 1.03. The van der Waals surface area contributed by atoms with Crippen molar-refractivity contribution in [3.8, 4) is 5.75 Å². The lowest BCUT2D eigenvalue weighted by molar-refractivity contribution is -0.137. The molecule has 0 saturated heterocycles. The highest BCUT2D eigenvalue weighted by Gasteiger charge is 2.13. The minimum atomic E-state index is -0.760. The second-order valence-corrected chi connectivity index (χ2v) is 3.48. The van der Waals surface area contributed by atoms with Crippen LogP contribution < -0.4 is 4.74 Å². The van der Waals surface area contributed by atoms with E-state index in [1.165, 1.54) is 0 Å². The molecule has 0 aromatic heterocycles. The minimum absolute atomic E-state index is 0.0672. The maximum atomic E-state index is 10.7. The van der Waals surface area contributed by atoms with Gasteiger partial charge in [-0.25, -0.2) is 0 Å². The summed E-state index contributed by atoms with van der Waals surface area (Å²) in [5, 5.41) is 8.77. The van der Waals surface area contributed by atoms with Gasteiger partial charge in [-0.3, -0.25) is 4.79 Å². The first kappa shape index (κ1) is 11.6. The van der Waals surface area contributed by atoms with E-state index in [4.69, 9.17) is 9.84 Å². The molecule has 0 aliphatic carbocycles. The summed E-state index contributed by atoms with van der Waals surface area (Å²) in [6.45, 7) is 1.99. The van der Waals surface area contributed by atoms with Gasteiger partial charge in [0, 0.05) is 0 Å². The van der Waals surface area contributed by atoms with E-state index in [0.29, 0.717) is 0 Å². The van der Waals surface area contributed by atoms with Crippen molar-refractivity contribution in [3.05, 3.63) is 29.8 Å². The molecule has 0 aliphatic heterocycles. The van der Waals surface area contributed by atoms with Gasteiger partial charge in [-0.15, -0.1) is 0 Å². The Hall–Kier alpha value is -1.51. The lowest BCUT2D eigenvalue weighted by atomic mass is 9.93. The highest BCUT2D eigenvalue weighted by Crippen LogP contribution is 2.26. The smallest absolute Gasteiger partial charge is 0.303 e. The Balaban J connectivity index is 2.85. The third-order valence-corrected chi connectivity index (χ3v) is 2.48. The van der Waals surface area contributed by atoms with Crippen LogP contribution in [0, 0.1) is 0 Å². The van der Waals surface area contributed by atoms with Crippen LogP contribution in [0.3, 0.4) is 0 Å². The van der Waals surface area contributed by atoms with Crippen molar-refractivity contribution < 1.29 is 14.6 Å². The number of hydrogen-bond acceptors (Lipinski definition) is 2. The summed E-state index contributed by atoms with van der Waals surface area (Å²) >= 11 is 0. The Labute approximate surface area is 89.7 Å². The van der Waals surface area contributed by atoms with Crippen molar-refractivity contribution in [3.63, 3.8) is 0 Å².